The topological polar surface area (TPSA) is 98.0 Å². The van der Waals surface area contributed by atoms with Crippen molar-refractivity contribution in [3.8, 4) is 0 Å². The summed E-state index contributed by atoms with van der Waals surface area (Å²) >= 11 is 0. The van der Waals surface area contributed by atoms with Gasteiger partial charge in [-0.25, -0.2) is 4.79 Å². The van der Waals surface area contributed by atoms with Crippen molar-refractivity contribution in [2.24, 2.45) is 52.3 Å². The van der Waals surface area contributed by atoms with E-state index < -0.39 is 12.1 Å². The number of aliphatic hydroxyl groups is 3. The molecule has 4 saturated carbocycles. The smallest absolute Gasteiger partial charge is 0.331 e. The summed E-state index contributed by atoms with van der Waals surface area (Å²) in [6, 6.07) is 0. The molecule has 4 fully saturated rings. The Kier molecular flexibility index (Phi) is 6.83. The van der Waals surface area contributed by atoms with Crippen LogP contribution in [0.15, 0.2) is 11.6 Å². The SMILES string of the molecule is CC(C)/C(=C/C[C@@H](C)[C@H]1CC[C@H]2[C@@H]3[C@H](O)C[C@@H]4C[C@H](O)CC[C@]4(C)[C@H]3C[C@H](O)[C@]12C)C(=O)O. The number of aliphatic carboxylic acids is 1. The molecule has 0 aromatic heterocycles. The molecule has 5 heteroatoms. The van der Waals surface area contributed by atoms with Gasteiger partial charge >= 0.3 is 5.97 Å². The second kappa shape index (κ2) is 8.95. The lowest BCUT2D eigenvalue weighted by molar-refractivity contribution is -0.206. The number of rotatable bonds is 5. The molecule has 0 spiro atoms. The molecular formula is C28H46O5. The van der Waals surface area contributed by atoms with Crippen molar-refractivity contribution in [1.82, 2.24) is 0 Å². The molecule has 4 N–H and O–H groups in total. The maximum Gasteiger partial charge on any atom is 0.331 e. The number of fused-ring (bicyclic) bond motifs is 5. The number of hydrogen-bond acceptors (Lipinski definition) is 4. The van der Waals surface area contributed by atoms with Gasteiger partial charge in [0, 0.05) is 5.57 Å². The fourth-order valence-electron chi connectivity index (χ4n) is 9.18. The zero-order valence-electron chi connectivity index (χ0n) is 21.2. The number of carboxylic acids is 1. The Balaban J connectivity index is 1.58. The molecule has 4 rings (SSSR count). The van der Waals surface area contributed by atoms with Crippen LogP contribution in [0.4, 0.5) is 0 Å². The van der Waals surface area contributed by atoms with Crippen molar-refractivity contribution < 1.29 is 25.2 Å². The standard InChI is InChI=1S/C28H46O5/c1-15(2)19(26(32)33)7-6-16(3)20-8-9-21-25-22(14-24(31)28(20,21)5)27(4)11-10-18(29)12-17(27)13-23(25)30/h7,15-18,20-25,29-31H,6,8-14H2,1-5H3,(H,32,33)/b19-7-/t16-,17+,18-,20-,21+,22+,23-,24+,25+,27+,28-/m1/s1. The monoisotopic (exact) mass is 462 g/mol. The third kappa shape index (κ3) is 4.00. The van der Waals surface area contributed by atoms with E-state index in [-0.39, 0.29) is 40.8 Å². The van der Waals surface area contributed by atoms with E-state index in [2.05, 4.69) is 20.8 Å². The van der Waals surface area contributed by atoms with Gasteiger partial charge in [0.1, 0.15) is 0 Å². The molecular weight excluding hydrogens is 416 g/mol. The summed E-state index contributed by atoms with van der Waals surface area (Å²) in [5.74, 6) is 0.915. The van der Waals surface area contributed by atoms with Crippen LogP contribution in [-0.4, -0.2) is 44.7 Å². The van der Waals surface area contributed by atoms with Gasteiger partial charge < -0.3 is 20.4 Å². The Morgan fingerprint density at radius 2 is 1.70 bits per heavy atom. The van der Waals surface area contributed by atoms with Crippen molar-refractivity contribution in [1.29, 1.82) is 0 Å². The molecule has 0 saturated heterocycles. The van der Waals surface area contributed by atoms with E-state index >= 15 is 0 Å². The van der Waals surface area contributed by atoms with Crippen LogP contribution < -0.4 is 0 Å². The van der Waals surface area contributed by atoms with Crippen molar-refractivity contribution in [3.63, 3.8) is 0 Å². The first kappa shape index (κ1) is 25.2. The summed E-state index contributed by atoms with van der Waals surface area (Å²) in [5, 5.41) is 42.8. The van der Waals surface area contributed by atoms with Crippen LogP contribution in [0.25, 0.3) is 0 Å². The summed E-state index contributed by atoms with van der Waals surface area (Å²) in [7, 11) is 0. The van der Waals surface area contributed by atoms with Gasteiger partial charge in [-0.2, -0.15) is 0 Å². The molecule has 188 valence electrons. The molecule has 5 nitrogen and oxygen atoms in total. The zero-order valence-corrected chi connectivity index (χ0v) is 21.2. The van der Waals surface area contributed by atoms with Crippen LogP contribution in [0.2, 0.25) is 0 Å². The molecule has 0 amide bonds. The van der Waals surface area contributed by atoms with Gasteiger partial charge in [-0.15, -0.1) is 0 Å². The molecule has 33 heavy (non-hydrogen) atoms. The lowest BCUT2D eigenvalue weighted by atomic mass is 9.43. The quantitative estimate of drug-likeness (QED) is 0.446. The van der Waals surface area contributed by atoms with Gasteiger partial charge in [0.25, 0.3) is 0 Å². The third-order valence-corrected chi connectivity index (χ3v) is 11.1. The average molecular weight is 463 g/mol. The van der Waals surface area contributed by atoms with Crippen LogP contribution >= 0.6 is 0 Å². The summed E-state index contributed by atoms with van der Waals surface area (Å²) in [4.78, 5) is 11.6. The number of allylic oxidation sites excluding steroid dienone is 1. The molecule has 0 unspecified atom stereocenters. The van der Waals surface area contributed by atoms with Crippen LogP contribution in [0.5, 0.6) is 0 Å². The number of aliphatic hydroxyl groups excluding tert-OH is 3. The van der Waals surface area contributed by atoms with Crippen LogP contribution in [0, 0.1) is 52.3 Å². The Labute approximate surface area is 199 Å². The molecule has 0 heterocycles. The Hall–Kier alpha value is -0.910. The van der Waals surface area contributed by atoms with Gasteiger partial charge in [-0.3, -0.25) is 0 Å². The lowest BCUT2D eigenvalue weighted by Crippen LogP contribution is -2.62. The molecule has 0 aromatic rings. The Bertz CT molecular complexity index is 776. The highest BCUT2D eigenvalue weighted by molar-refractivity contribution is 5.86. The van der Waals surface area contributed by atoms with E-state index in [4.69, 9.17) is 0 Å². The fourth-order valence-corrected chi connectivity index (χ4v) is 9.18. The second-order valence-electron chi connectivity index (χ2n) is 12.9. The maximum absolute atomic E-state index is 11.7. The van der Waals surface area contributed by atoms with E-state index in [9.17, 15) is 25.2 Å². The van der Waals surface area contributed by atoms with E-state index in [0.717, 1.165) is 44.9 Å². The predicted molar refractivity (Wildman–Crippen MR) is 128 cm³/mol. The first-order valence-electron chi connectivity index (χ1n) is 13.4. The van der Waals surface area contributed by atoms with E-state index in [0.29, 0.717) is 35.7 Å². The van der Waals surface area contributed by atoms with Gasteiger partial charge in [0.05, 0.1) is 18.3 Å². The largest absolute Gasteiger partial charge is 0.478 e. The van der Waals surface area contributed by atoms with E-state index in [1.54, 1.807) is 0 Å². The Morgan fingerprint density at radius 1 is 1.00 bits per heavy atom. The number of hydrogen-bond donors (Lipinski definition) is 4. The Morgan fingerprint density at radius 3 is 2.33 bits per heavy atom. The van der Waals surface area contributed by atoms with Crippen molar-refractivity contribution in [2.45, 2.75) is 104 Å². The van der Waals surface area contributed by atoms with Crippen molar-refractivity contribution in [2.75, 3.05) is 0 Å². The highest BCUT2D eigenvalue weighted by Crippen LogP contribution is 2.68. The normalized spacial score (nSPS) is 48.7. The molecule has 0 radical (unpaired) electrons. The van der Waals surface area contributed by atoms with Gasteiger partial charge in [0.15, 0.2) is 0 Å². The summed E-state index contributed by atoms with van der Waals surface area (Å²) in [6.07, 6.45) is 7.79. The molecule has 11 atom stereocenters. The zero-order chi connectivity index (χ0) is 24.3. The van der Waals surface area contributed by atoms with Crippen molar-refractivity contribution >= 4 is 5.97 Å². The maximum atomic E-state index is 11.7. The van der Waals surface area contributed by atoms with Crippen LogP contribution in [-0.2, 0) is 4.79 Å². The molecule has 0 aromatic carbocycles. The number of carboxylic acid groups (broad SMARTS) is 1. The minimum atomic E-state index is -0.834. The molecule has 0 aliphatic heterocycles. The third-order valence-electron chi connectivity index (χ3n) is 11.1. The molecule has 4 aliphatic rings. The highest BCUT2D eigenvalue weighted by Gasteiger charge is 2.65. The van der Waals surface area contributed by atoms with E-state index in [1.165, 1.54) is 0 Å². The first-order chi connectivity index (χ1) is 15.4. The van der Waals surface area contributed by atoms with Crippen LogP contribution in [0.3, 0.4) is 0 Å². The minimum absolute atomic E-state index is 0.0114. The second-order valence-corrected chi connectivity index (χ2v) is 12.9. The van der Waals surface area contributed by atoms with Gasteiger partial charge in [0.2, 0.25) is 0 Å². The predicted octanol–water partition coefficient (Wildman–Crippen LogP) is 4.64. The first-order valence-corrected chi connectivity index (χ1v) is 13.4. The minimum Gasteiger partial charge on any atom is -0.478 e. The lowest BCUT2D eigenvalue weighted by Gasteiger charge is -2.63. The molecule has 4 aliphatic carbocycles. The summed E-state index contributed by atoms with van der Waals surface area (Å²) < 4.78 is 0. The summed E-state index contributed by atoms with van der Waals surface area (Å²) in [6.45, 7) is 10.7. The molecule has 0 bridgehead atoms. The van der Waals surface area contributed by atoms with Gasteiger partial charge in [-0.05, 0) is 104 Å². The van der Waals surface area contributed by atoms with Crippen LogP contribution in [0.1, 0.15) is 86.0 Å². The highest BCUT2D eigenvalue weighted by atomic mass is 16.4. The number of carbonyl (C=O) groups is 1. The van der Waals surface area contributed by atoms with Gasteiger partial charge in [-0.1, -0.05) is 40.7 Å². The van der Waals surface area contributed by atoms with Crippen molar-refractivity contribution in [3.05, 3.63) is 11.6 Å². The summed E-state index contributed by atoms with van der Waals surface area (Å²) in [5.41, 5.74) is 0.325. The fraction of sp³-hybridized carbons (Fsp3) is 0.893. The average Bonchev–Trinajstić information content (AvgIpc) is 3.08. The van der Waals surface area contributed by atoms with E-state index in [1.807, 2.05) is 19.9 Å².